The van der Waals surface area contributed by atoms with Crippen LogP contribution in [0.25, 0.3) is 5.65 Å². The third kappa shape index (κ3) is 2.48. The molecular weight excluding hydrogens is 210 g/mol. The highest BCUT2D eigenvalue weighted by Gasteiger charge is 2.15. The topological polar surface area (TPSA) is 30.2 Å². The number of fused-ring (bicyclic) bond motifs is 1. The molecule has 0 aliphatic rings. The molecule has 0 N–H and O–H groups in total. The third-order valence-electron chi connectivity index (χ3n) is 2.03. The number of rotatable bonds is 1. The smallest absolute Gasteiger partial charge is 0.155 e. The quantitative estimate of drug-likeness (QED) is 0.744. The van der Waals surface area contributed by atoms with Gasteiger partial charge in [0.15, 0.2) is 11.5 Å². The van der Waals surface area contributed by atoms with Gasteiger partial charge >= 0.3 is 0 Å². The minimum atomic E-state index is 0.203. The summed E-state index contributed by atoms with van der Waals surface area (Å²) in [5.74, 6) is 0.866. The Hall–Kier alpha value is -1.09. The van der Waals surface area contributed by atoms with E-state index in [4.69, 9.17) is 11.6 Å². The van der Waals surface area contributed by atoms with Gasteiger partial charge in [-0.1, -0.05) is 32.4 Å². The van der Waals surface area contributed by atoms with Crippen molar-refractivity contribution in [3.63, 3.8) is 0 Å². The molecule has 2 aromatic heterocycles. The Morgan fingerprint density at radius 2 is 2.07 bits per heavy atom. The van der Waals surface area contributed by atoms with Crippen LogP contribution in [-0.2, 0) is 6.42 Å². The second kappa shape index (κ2) is 3.49. The van der Waals surface area contributed by atoms with E-state index in [1.807, 2.05) is 12.1 Å². The molecule has 4 heteroatoms. The van der Waals surface area contributed by atoms with E-state index in [0.29, 0.717) is 5.02 Å². The molecule has 2 rings (SSSR count). The Kier molecular flexibility index (Phi) is 2.43. The number of halogens is 1. The molecule has 80 valence electrons. The van der Waals surface area contributed by atoms with Crippen molar-refractivity contribution >= 4 is 17.2 Å². The summed E-state index contributed by atoms with van der Waals surface area (Å²) in [6.45, 7) is 6.52. The van der Waals surface area contributed by atoms with Crippen LogP contribution in [0.5, 0.6) is 0 Å². The number of nitrogens with zero attached hydrogens (tertiary/aromatic N) is 3. The Bertz CT molecular complexity index is 482. The minimum Gasteiger partial charge on any atom is -0.219 e. The highest BCUT2D eigenvalue weighted by atomic mass is 35.5. The monoisotopic (exact) mass is 223 g/mol. The van der Waals surface area contributed by atoms with Crippen LogP contribution in [0.1, 0.15) is 26.6 Å². The molecule has 3 nitrogen and oxygen atoms in total. The first-order chi connectivity index (χ1) is 6.94. The van der Waals surface area contributed by atoms with E-state index in [9.17, 15) is 0 Å². The Morgan fingerprint density at radius 1 is 1.33 bits per heavy atom. The minimum absolute atomic E-state index is 0.203. The molecule has 0 aliphatic carbocycles. The standard InChI is InChI=1S/C11H14ClN3/c1-11(2,3)6-9-13-10-5-4-8(12)7-15(10)14-9/h4-5,7H,6H2,1-3H3. The average Bonchev–Trinajstić information content (AvgIpc) is 2.42. The summed E-state index contributed by atoms with van der Waals surface area (Å²) < 4.78 is 1.73. The molecule has 0 fully saturated rings. The van der Waals surface area contributed by atoms with Crippen LogP contribution in [0, 0.1) is 5.41 Å². The molecule has 0 unspecified atom stereocenters. The Labute approximate surface area is 94.1 Å². The lowest BCUT2D eigenvalue weighted by atomic mass is 9.92. The maximum absolute atomic E-state index is 5.87. The third-order valence-corrected chi connectivity index (χ3v) is 2.25. The van der Waals surface area contributed by atoms with Gasteiger partial charge in [-0.05, 0) is 17.5 Å². The van der Waals surface area contributed by atoms with E-state index in [2.05, 4.69) is 30.9 Å². The SMILES string of the molecule is CC(C)(C)Cc1nc2ccc(Cl)cn2n1. The summed E-state index contributed by atoms with van der Waals surface area (Å²) >= 11 is 5.87. The first kappa shape index (κ1) is 10.4. The highest BCUT2D eigenvalue weighted by Crippen LogP contribution is 2.19. The zero-order valence-corrected chi connectivity index (χ0v) is 9.91. The van der Waals surface area contributed by atoms with Gasteiger partial charge < -0.3 is 0 Å². The fraction of sp³-hybridized carbons (Fsp3) is 0.455. The second-order valence-corrected chi connectivity index (χ2v) is 5.35. The molecular formula is C11H14ClN3. The normalized spacial score (nSPS) is 12.3. The van der Waals surface area contributed by atoms with Crippen molar-refractivity contribution in [1.82, 2.24) is 14.6 Å². The zero-order valence-electron chi connectivity index (χ0n) is 9.16. The predicted octanol–water partition coefficient (Wildman–Crippen LogP) is 2.97. The molecule has 2 heterocycles. The lowest BCUT2D eigenvalue weighted by molar-refractivity contribution is 0.401. The van der Waals surface area contributed by atoms with E-state index < -0.39 is 0 Å². The average molecular weight is 224 g/mol. The number of hydrogen-bond donors (Lipinski definition) is 0. The Balaban J connectivity index is 2.39. The van der Waals surface area contributed by atoms with E-state index in [1.165, 1.54) is 0 Å². The summed E-state index contributed by atoms with van der Waals surface area (Å²) in [6, 6.07) is 3.70. The number of aromatic nitrogens is 3. The van der Waals surface area contributed by atoms with Gasteiger partial charge in [-0.25, -0.2) is 9.50 Å². The largest absolute Gasteiger partial charge is 0.219 e. The van der Waals surface area contributed by atoms with Gasteiger partial charge in [-0.15, -0.1) is 0 Å². The van der Waals surface area contributed by atoms with Crippen molar-refractivity contribution in [2.24, 2.45) is 5.41 Å². The van der Waals surface area contributed by atoms with Crippen LogP contribution in [0.2, 0.25) is 5.02 Å². The molecule has 15 heavy (non-hydrogen) atoms. The molecule has 0 radical (unpaired) electrons. The Morgan fingerprint density at radius 3 is 2.73 bits per heavy atom. The maximum Gasteiger partial charge on any atom is 0.155 e. The van der Waals surface area contributed by atoms with Gasteiger partial charge in [-0.2, -0.15) is 5.10 Å². The lowest BCUT2D eigenvalue weighted by Crippen LogP contribution is -2.10. The number of hydrogen-bond acceptors (Lipinski definition) is 2. The fourth-order valence-corrected chi connectivity index (χ4v) is 1.61. The molecule has 0 saturated heterocycles. The van der Waals surface area contributed by atoms with Gasteiger partial charge in [0.2, 0.25) is 0 Å². The maximum atomic E-state index is 5.87. The molecule has 0 spiro atoms. The van der Waals surface area contributed by atoms with Gasteiger partial charge in [0.05, 0.1) is 5.02 Å². The first-order valence-electron chi connectivity index (χ1n) is 4.95. The van der Waals surface area contributed by atoms with E-state index >= 15 is 0 Å². The van der Waals surface area contributed by atoms with Gasteiger partial charge in [0, 0.05) is 12.6 Å². The summed E-state index contributed by atoms with van der Waals surface area (Å²) in [7, 11) is 0. The van der Waals surface area contributed by atoms with Crippen molar-refractivity contribution in [1.29, 1.82) is 0 Å². The van der Waals surface area contributed by atoms with Gasteiger partial charge in [-0.3, -0.25) is 0 Å². The molecule has 0 aromatic carbocycles. The van der Waals surface area contributed by atoms with Crippen molar-refractivity contribution in [2.45, 2.75) is 27.2 Å². The fourth-order valence-electron chi connectivity index (χ4n) is 1.45. The molecule has 2 aromatic rings. The summed E-state index contributed by atoms with van der Waals surface area (Å²) in [6.07, 6.45) is 2.64. The first-order valence-corrected chi connectivity index (χ1v) is 5.33. The predicted molar refractivity (Wildman–Crippen MR) is 61.2 cm³/mol. The highest BCUT2D eigenvalue weighted by molar-refractivity contribution is 6.30. The summed E-state index contributed by atoms with van der Waals surface area (Å²) in [5, 5.41) is 5.06. The van der Waals surface area contributed by atoms with Crippen LogP contribution in [0.15, 0.2) is 18.3 Å². The zero-order chi connectivity index (χ0) is 11.1. The van der Waals surface area contributed by atoms with Crippen LogP contribution >= 0.6 is 11.6 Å². The molecule has 0 bridgehead atoms. The van der Waals surface area contributed by atoms with E-state index in [-0.39, 0.29) is 5.41 Å². The molecule has 0 atom stereocenters. The molecule has 0 aliphatic heterocycles. The summed E-state index contributed by atoms with van der Waals surface area (Å²) in [4.78, 5) is 4.43. The van der Waals surface area contributed by atoms with Crippen molar-refractivity contribution in [2.75, 3.05) is 0 Å². The summed E-state index contributed by atoms with van der Waals surface area (Å²) in [5.41, 5.74) is 1.05. The molecule has 0 saturated carbocycles. The lowest BCUT2D eigenvalue weighted by Gasteiger charge is -2.14. The van der Waals surface area contributed by atoms with Crippen molar-refractivity contribution in [3.8, 4) is 0 Å². The van der Waals surface area contributed by atoms with Crippen LogP contribution in [0.4, 0.5) is 0 Å². The second-order valence-electron chi connectivity index (χ2n) is 4.92. The van der Waals surface area contributed by atoms with Crippen molar-refractivity contribution < 1.29 is 0 Å². The van der Waals surface area contributed by atoms with Crippen LogP contribution in [0.3, 0.4) is 0 Å². The van der Waals surface area contributed by atoms with Gasteiger partial charge in [0.25, 0.3) is 0 Å². The molecule has 0 amide bonds. The van der Waals surface area contributed by atoms with E-state index in [0.717, 1.165) is 17.9 Å². The van der Waals surface area contributed by atoms with E-state index in [1.54, 1.807) is 10.7 Å². The van der Waals surface area contributed by atoms with Crippen LogP contribution < -0.4 is 0 Å². The number of pyridine rings is 1. The van der Waals surface area contributed by atoms with Crippen LogP contribution in [-0.4, -0.2) is 14.6 Å². The van der Waals surface area contributed by atoms with Crippen molar-refractivity contribution in [3.05, 3.63) is 29.2 Å². The van der Waals surface area contributed by atoms with Gasteiger partial charge in [0.1, 0.15) is 0 Å².